The van der Waals surface area contributed by atoms with E-state index in [9.17, 15) is 22.0 Å². The molecule has 4 rings (SSSR count). The van der Waals surface area contributed by atoms with Crippen LogP contribution in [-0.2, 0) is 14.8 Å². The third-order valence-corrected chi connectivity index (χ3v) is 7.38. The molecular formula is C20H19F2N3O3S2. The van der Waals surface area contributed by atoms with E-state index in [-0.39, 0.29) is 22.4 Å². The van der Waals surface area contributed by atoms with Gasteiger partial charge in [-0.3, -0.25) is 9.52 Å². The lowest BCUT2D eigenvalue weighted by atomic mass is 9.89. The Bertz CT molecular complexity index is 1210. The monoisotopic (exact) mass is 451 g/mol. The predicted molar refractivity (Wildman–Crippen MR) is 112 cm³/mol. The number of benzene rings is 2. The Kier molecular flexibility index (Phi) is 5.70. The fraction of sp³-hybridized carbons (Fsp3) is 0.300. The molecule has 0 bridgehead atoms. The van der Waals surface area contributed by atoms with Crippen molar-refractivity contribution in [1.29, 1.82) is 0 Å². The van der Waals surface area contributed by atoms with Crippen LogP contribution in [0.25, 0.3) is 10.2 Å². The Morgan fingerprint density at radius 3 is 2.53 bits per heavy atom. The first-order valence-electron chi connectivity index (χ1n) is 9.51. The van der Waals surface area contributed by atoms with Crippen LogP contribution in [0.2, 0.25) is 0 Å². The maximum Gasteiger partial charge on any atom is 0.262 e. The molecule has 3 aromatic rings. The van der Waals surface area contributed by atoms with Gasteiger partial charge < -0.3 is 5.32 Å². The minimum Gasteiger partial charge on any atom is -0.302 e. The van der Waals surface area contributed by atoms with Gasteiger partial charge in [0.1, 0.15) is 0 Å². The summed E-state index contributed by atoms with van der Waals surface area (Å²) in [5.41, 5.74) is 0.743. The maximum absolute atomic E-state index is 13.4. The Morgan fingerprint density at radius 1 is 1.03 bits per heavy atom. The van der Waals surface area contributed by atoms with Gasteiger partial charge >= 0.3 is 0 Å². The average Bonchev–Trinajstić information content (AvgIpc) is 3.11. The summed E-state index contributed by atoms with van der Waals surface area (Å²) < 4.78 is 54.5. The standard InChI is InChI=1S/C20H19F2N3O3S2/c21-15-8-7-14(11-16(15)22)30(27,28)25-13-6-9-18-17(10-13)23-20(29-18)24-19(26)12-4-2-1-3-5-12/h6-12,25H,1-5H2,(H,23,24,26). The van der Waals surface area contributed by atoms with E-state index in [1.54, 1.807) is 12.1 Å². The second-order valence-electron chi connectivity index (χ2n) is 7.21. The molecule has 10 heteroatoms. The number of anilines is 2. The number of aromatic nitrogens is 1. The highest BCUT2D eigenvalue weighted by Crippen LogP contribution is 2.31. The molecule has 1 saturated carbocycles. The van der Waals surface area contributed by atoms with E-state index in [1.807, 2.05) is 0 Å². The molecule has 1 aromatic heterocycles. The Morgan fingerprint density at radius 2 is 1.80 bits per heavy atom. The molecule has 1 amide bonds. The van der Waals surface area contributed by atoms with Crippen LogP contribution >= 0.6 is 11.3 Å². The summed E-state index contributed by atoms with van der Waals surface area (Å²) in [7, 11) is -4.10. The molecule has 1 heterocycles. The number of amides is 1. The number of hydrogen-bond acceptors (Lipinski definition) is 5. The van der Waals surface area contributed by atoms with Crippen LogP contribution in [0.1, 0.15) is 32.1 Å². The Labute approximate surface area is 176 Å². The first kappa shape index (κ1) is 20.7. The van der Waals surface area contributed by atoms with Crippen molar-refractivity contribution in [2.75, 3.05) is 10.0 Å². The number of nitrogens with zero attached hydrogens (tertiary/aromatic N) is 1. The highest BCUT2D eigenvalue weighted by molar-refractivity contribution is 7.92. The summed E-state index contributed by atoms with van der Waals surface area (Å²) in [6.07, 6.45) is 5.03. The number of carbonyl (C=O) groups is 1. The summed E-state index contributed by atoms with van der Waals surface area (Å²) in [4.78, 5) is 16.4. The van der Waals surface area contributed by atoms with Crippen LogP contribution in [0.5, 0.6) is 0 Å². The van der Waals surface area contributed by atoms with E-state index in [0.717, 1.165) is 48.9 Å². The van der Waals surface area contributed by atoms with Crippen molar-refractivity contribution in [2.45, 2.75) is 37.0 Å². The van der Waals surface area contributed by atoms with Gasteiger partial charge in [-0.15, -0.1) is 0 Å². The van der Waals surface area contributed by atoms with Crippen molar-refractivity contribution in [2.24, 2.45) is 5.92 Å². The summed E-state index contributed by atoms with van der Waals surface area (Å²) in [5.74, 6) is -2.40. The largest absolute Gasteiger partial charge is 0.302 e. The number of nitrogens with one attached hydrogen (secondary N) is 2. The number of carbonyl (C=O) groups excluding carboxylic acids is 1. The fourth-order valence-corrected chi connectivity index (χ4v) is 5.38. The normalized spacial score (nSPS) is 15.3. The number of sulfonamides is 1. The molecule has 0 unspecified atom stereocenters. The fourth-order valence-electron chi connectivity index (χ4n) is 3.47. The molecule has 1 aliphatic rings. The lowest BCUT2D eigenvalue weighted by Crippen LogP contribution is -2.24. The quantitative estimate of drug-likeness (QED) is 0.578. The third kappa shape index (κ3) is 4.44. The molecule has 0 atom stereocenters. The predicted octanol–water partition coefficient (Wildman–Crippen LogP) is 4.89. The molecule has 158 valence electrons. The molecule has 0 radical (unpaired) electrons. The van der Waals surface area contributed by atoms with Gasteiger partial charge in [-0.1, -0.05) is 30.6 Å². The molecular weight excluding hydrogens is 432 g/mol. The topological polar surface area (TPSA) is 88.2 Å². The van der Waals surface area contributed by atoms with Gasteiger partial charge in [-0.05, 0) is 49.2 Å². The summed E-state index contributed by atoms with van der Waals surface area (Å²) in [5, 5.41) is 3.32. The van der Waals surface area contributed by atoms with E-state index in [2.05, 4.69) is 15.0 Å². The first-order chi connectivity index (χ1) is 14.3. The Balaban J connectivity index is 1.52. The minimum absolute atomic E-state index is 0.00392. The lowest BCUT2D eigenvalue weighted by Gasteiger charge is -2.19. The second-order valence-corrected chi connectivity index (χ2v) is 9.92. The van der Waals surface area contributed by atoms with Gasteiger partial charge in [0.15, 0.2) is 16.8 Å². The third-order valence-electron chi connectivity index (χ3n) is 5.05. The van der Waals surface area contributed by atoms with Crippen molar-refractivity contribution in [3.8, 4) is 0 Å². The number of rotatable bonds is 5. The number of fused-ring (bicyclic) bond motifs is 1. The van der Waals surface area contributed by atoms with Crippen LogP contribution < -0.4 is 10.0 Å². The van der Waals surface area contributed by atoms with E-state index in [1.165, 1.54) is 17.4 Å². The summed E-state index contributed by atoms with van der Waals surface area (Å²) >= 11 is 1.30. The van der Waals surface area contributed by atoms with Crippen LogP contribution in [0, 0.1) is 17.6 Å². The van der Waals surface area contributed by atoms with Crippen LogP contribution in [0.3, 0.4) is 0 Å². The molecule has 30 heavy (non-hydrogen) atoms. The van der Waals surface area contributed by atoms with Crippen LogP contribution in [0.15, 0.2) is 41.3 Å². The molecule has 1 aliphatic carbocycles. The van der Waals surface area contributed by atoms with Crippen molar-refractivity contribution in [1.82, 2.24) is 4.98 Å². The van der Waals surface area contributed by atoms with Gasteiger partial charge in [-0.25, -0.2) is 22.2 Å². The van der Waals surface area contributed by atoms with Crippen molar-refractivity contribution in [3.63, 3.8) is 0 Å². The maximum atomic E-state index is 13.4. The van der Waals surface area contributed by atoms with Crippen LogP contribution in [-0.4, -0.2) is 19.3 Å². The zero-order valence-corrected chi connectivity index (χ0v) is 17.5. The van der Waals surface area contributed by atoms with Crippen molar-refractivity contribution in [3.05, 3.63) is 48.0 Å². The van der Waals surface area contributed by atoms with Crippen molar-refractivity contribution < 1.29 is 22.0 Å². The zero-order valence-electron chi connectivity index (χ0n) is 15.8. The Hall–Kier alpha value is -2.59. The summed E-state index contributed by atoms with van der Waals surface area (Å²) in [6.45, 7) is 0. The molecule has 0 saturated heterocycles. The van der Waals surface area contributed by atoms with Crippen molar-refractivity contribution >= 4 is 48.3 Å². The number of halogens is 2. The second kappa shape index (κ2) is 8.27. The van der Waals surface area contributed by atoms with Gasteiger partial charge in [0.05, 0.1) is 20.8 Å². The van der Waals surface area contributed by atoms with Gasteiger partial charge in [-0.2, -0.15) is 0 Å². The minimum atomic E-state index is -4.10. The number of thiazole rings is 1. The van der Waals surface area contributed by atoms with Gasteiger partial charge in [0.25, 0.3) is 10.0 Å². The average molecular weight is 452 g/mol. The molecule has 1 fully saturated rings. The summed E-state index contributed by atoms with van der Waals surface area (Å²) in [6, 6.07) is 7.13. The lowest BCUT2D eigenvalue weighted by molar-refractivity contribution is -0.120. The van der Waals surface area contributed by atoms with Crippen LogP contribution in [0.4, 0.5) is 19.6 Å². The highest BCUT2D eigenvalue weighted by Gasteiger charge is 2.22. The molecule has 2 N–H and O–H groups in total. The highest BCUT2D eigenvalue weighted by atomic mass is 32.2. The number of hydrogen-bond donors (Lipinski definition) is 2. The molecule has 6 nitrogen and oxygen atoms in total. The van der Waals surface area contributed by atoms with E-state index in [4.69, 9.17) is 0 Å². The smallest absolute Gasteiger partial charge is 0.262 e. The SMILES string of the molecule is O=C(Nc1nc2cc(NS(=O)(=O)c3ccc(F)c(F)c3)ccc2s1)C1CCCCC1. The molecule has 0 aliphatic heterocycles. The molecule has 2 aromatic carbocycles. The van der Waals surface area contributed by atoms with E-state index in [0.29, 0.717) is 16.7 Å². The van der Waals surface area contributed by atoms with E-state index < -0.39 is 21.7 Å². The first-order valence-corrected chi connectivity index (χ1v) is 11.8. The van der Waals surface area contributed by atoms with Gasteiger partial charge in [0, 0.05) is 5.92 Å². The van der Waals surface area contributed by atoms with Gasteiger partial charge in [0.2, 0.25) is 5.91 Å². The zero-order chi connectivity index (χ0) is 21.3. The van der Waals surface area contributed by atoms with E-state index >= 15 is 0 Å². The molecule has 0 spiro atoms.